The Morgan fingerprint density at radius 2 is 1.39 bits per heavy atom. The smallest absolute Gasteiger partial charge is 0.343 e. The van der Waals surface area contributed by atoms with Crippen LogP contribution >= 0.6 is 0 Å². The topological polar surface area (TPSA) is 74.2 Å². The number of nitrogens with zero attached hydrogens (tertiary/aromatic N) is 1. The Hall–Kier alpha value is -3.93. The normalized spacial score (nSPS) is 10.9. The van der Waals surface area contributed by atoms with E-state index in [0.29, 0.717) is 40.8 Å². The largest absolute Gasteiger partial charge is 0.497 e. The molecule has 6 heteroatoms. The Kier molecular flexibility index (Phi) is 8.36. The lowest BCUT2D eigenvalue weighted by Crippen LogP contribution is -2.08. The first kappa shape index (κ1) is 23.7. The molecule has 0 saturated heterocycles. The molecule has 3 rings (SSSR count). The predicted molar refractivity (Wildman–Crippen MR) is 128 cm³/mol. The minimum atomic E-state index is -0.443. The van der Waals surface area contributed by atoms with Crippen LogP contribution in [0.4, 0.5) is 5.69 Å². The first-order chi connectivity index (χ1) is 15.9. The van der Waals surface area contributed by atoms with Gasteiger partial charge in [-0.2, -0.15) is 0 Å². The van der Waals surface area contributed by atoms with Crippen molar-refractivity contribution in [3.05, 3.63) is 89.5 Å². The highest BCUT2D eigenvalue weighted by atomic mass is 16.5. The number of carbonyl (C=O) groups excluding carboxylic acids is 2. The van der Waals surface area contributed by atoms with Gasteiger partial charge in [0.15, 0.2) is 0 Å². The van der Waals surface area contributed by atoms with E-state index in [1.54, 1.807) is 86.1 Å². The van der Waals surface area contributed by atoms with E-state index in [-0.39, 0.29) is 5.97 Å². The summed E-state index contributed by atoms with van der Waals surface area (Å²) >= 11 is 0. The molecule has 0 heterocycles. The molecule has 0 aliphatic carbocycles. The van der Waals surface area contributed by atoms with Crippen LogP contribution in [0.1, 0.15) is 46.5 Å². The van der Waals surface area contributed by atoms with Crippen molar-refractivity contribution in [3.63, 3.8) is 0 Å². The van der Waals surface area contributed by atoms with Crippen LogP contribution in [0.2, 0.25) is 0 Å². The molecule has 0 aliphatic rings. The second-order valence-electron chi connectivity index (χ2n) is 7.81. The van der Waals surface area contributed by atoms with Gasteiger partial charge in [-0.3, -0.25) is 4.99 Å². The SMILES string of the molecule is COc1ccc(C(=O)Oc2ccc(C=Nc3ccc(C(=O)OCCC(C)C)cc3)cc2)cc1. The highest BCUT2D eigenvalue weighted by Crippen LogP contribution is 2.18. The van der Waals surface area contributed by atoms with Gasteiger partial charge >= 0.3 is 11.9 Å². The second kappa shape index (κ2) is 11.6. The van der Waals surface area contributed by atoms with Crippen LogP contribution in [0.3, 0.4) is 0 Å². The van der Waals surface area contributed by atoms with Gasteiger partial charge in [0.05, 0.1) is 30.5 Å². The van der Waals surface area contributed by atoms with Crippen molar-refractivity contribution in [3.8, 4) is 11.5 Å². The molecule has 0 saturated carbocycles. The molecule has 0 radical (unpaired) electrons. The van der Waals surface area contributed by atoms with Crippen molar-refractivity contribution in [2.24, 2.45) is 10.9 Å². The van der Waals surface area contributed by atoms with E-state index < -0.39 is 5.97 Å². The Morgan fingerprint density at radius 1 is 0.818 bits per heavy atom. The van der Waals surface area contributed by atoms with Crippen LogP contribution in [0.15, 0.2) is 77.8 Å². The summed E-state index contributed by atoms with van der Waals surface area (Å²) in [5, 5.41) is 0. The Morgan fingerprint density at radius 3 is 2.00 bits per heavy atom. The lowest BCUT2D eigenvalue weighted by Gasteiger charge is -2.06. The van der Waals surface area contributed by atoms with Crippen molar-refractivity contribution in [2.75, 3.05) is 13.7 Å². The highest BCUT2D eigenvalue weighted by molar-refractivity contribution is 5.91. The minimum Gasteiger partial charge on any atom is -0.497 e. The first-order valence-electron chi connectivity index (χ1n) is 10.7. The molecule has 0 amide bonds. The van der Waals surface area contributed by atoms with Crippen molar-refractivity contribution in [1.82, 2.24) is 0 Å². The molecule has 0 unspecified atom stereocenters. The molecule has 0 fully saturated rings. The van der Waals surface area contributed by atoms with E-state index >= 15 is 0 Å². The third-order valence-electron chi connectivity index (χ3n) is 4.81. The maximum atomic E-state index is 12.3. The molecule has 170 valence electrons. The number of hydrogen-bond donors (Lipinski definition) is 0. The number of ether oxygens (including phenoxy) is 3. The average molecular weight is 446 g/mol. The van der Waals surface area contributed by atoms with Crippen LogP contribution in [-0.2, 0) is 4.74 Å². The second-order valence-corrected chi connectivity index (χ2v) is 7.81. The zero-order valence-electron chi connectivity index (χ0n) is 19.0. The highest BCUT2D eigenvalue weighted by Gasteiger charge is 2.09. The van der Waals surface area contributed by atoms with E-state index in [1.165, 1.54) is 0 Å². The fourth-order valence-electron chi connectivity index (χ4n) is 2.82. The molecule has 0 bridgehead atoms. The molecule has 33 heavy (non-hydrogen) atoms. The van der Waals surface area contributed by atoms with Gasteiger partial charge in [-0.05, 0) is 90.7 Å². The van der Waals surface area contributed by atoms with E-state index in [2.05, 4.69) is 18.8 Å². The third-order valence-corrected chi connectivity index (χ3v) is 4.81. The van der Waals surface area contributed by atoms with Gasteiger partial charge in [0.2, 0.25) is 0 Å². The summed E-state index contributed by atoms with van der Waals surface area (Å²) in [6.45, 7) is 4.59. The van der Waals surface area contributed by atoms with Gasteiger partial charge < -0.3 is 14.2 Å². The molecule has 3 aromatic rings. The molecule has 0 aromatic heterocycles. The zero-order chi connectivity index (χ0) is 23.6. The first-order valence-corrected chi connectivity index (χ1v) is 10.7. The quantitative estimate of drug-likeness (QED) is 0.234. The number of hydrogen-bond acceptors (Lipinski definition) is 6. The third kappa shape index (κ3) is 7.31. The molecule has 6 nitrogen and oxygen atoms in total. The standard InChI is InChI=1S/C27H27NO5/c1-19(2)16-17-32-26(29)21-6-10-23(11-7-21)28-18-20-4-12-25(13-5-20)33-27(30)22-8-14-24(31-3)15-9-22/h4-15,18-19H,16-17H2,1-3H3. The van der Waals surface area contributed by atoms with Gasteiger partial charge in [0.25, 0.3) is 0 Å². The predicted octanol–water partition coefficient (Wildman–Crippen LogP) is 5.87. The van der Waals surface area contributed by atoms with Gasteiger partial charge in [-0.1, -0.05) is 13.8 Å². The van der Waals surface area contributed by atoms with E-state index in [1.807, 2.05) is 0 Å². The summed E-state index contributed by atoms with van der Waals surface area (Å²) in [6.07, 6.45) is 2.54. The van der Waals surface area contributed by atoms with Gasteiger partial charge in [-0.15, -0.1) is 0 Å². The summed E-state index contributed by atoms with van der Waals surface area (Å²) in [7, 11) is 1.57. The van der Waals surface area contributed by atoms with E-state index in [0.717, 1.165) is 12.0 Å². The lowest BCUT2D eigenvalue weighted by molar-refractivity contribution is 0.0488. The van der Waals surface area contributed by atoms with E-state index in [9.17, 15) is 9.59 Å². The number of rotatable bonds is 9. The number of carbonyl (C=O) groups is 2. The van der Waals surface area contributed by atoms with Gasteiger partial charge in [0, 0.05) is 6.21 Å². The molecule has 0 N–H and O–H groups in total. The summed E-state index contributed by atoms with van der Waals surface area (Å²) in [4.78, 5) is 28.7. The van der Waals surface area contributed by atoms with Gasteiger partial charge in [0.1, 0.15) is 11.5 Å². The summed E-state index contributed by atoms with van der Waals surface area (Å²) in [5.41, 5.74) is 2.49. The minimum absolute atomic E-state index is 0.328. The summed E-state index contributed by atoms with van der Waals surface area (Å²) in [5.74, 6) is 0.830. The van der Waals surface area contributed by atoms with Crippen molar-refractivity contribution in [1.29, 1.82) is 0 Å². The van der Waals surface area contributed by atoms with Crippen LogP contribution in [0, 0.1) is 5.92 Å². The molecule has 0 aliphatic heterocycles. The maximum absolute atomic E-state index is 12.3. The number of esters is 2. The maximum Gasteiger partial charge on any atom is 0.343 e. The van der Waals surface area contributed by atoms with Crippen molar-refractivity contribution >= 4 is 23.8 Å². The monoisotopic (exact) mass is 445 g/mol. The zero-order valence-corrected chi connectivity index (χ0v) is 19.0. The van der Waals surface area contributed by atoms with Crippen LogP contribution in [-0.4, -0.2) is 31.9 Å². The number of aliphatic imine (C=N–C) groups is 1. The summed E-state index contributed by atoms with van der Waals surface area (Å²) < 4.78 is 15.8. The average Bonchev–Trinajstić information content (AvgIpc) is 2.83. The van der Waals surface area contributed by atoms with E-state index in [4.69, 9.17) is 14.2 Å². The Bertz CT molecular complexity index is 1080. The molecule has 0 atom stereocenters. The van der Waals surface area contributed by atoms with Crippen molar-refractivity contribution < 1.29 is 23.8 Å². The van der Waals surface area contributed by atoms with Crippen molar-refractivity contribution in [2.45, 2.75) is 20.3 Å². The molecule has 3 aromatic carbocycles. The number of methoxy groups -OCH3 is 1. The van der Waals surface area contributed by atoms with Crippen LogP contribution < -0.4 is 9.47 Å². The fraction of sp³-hybridized carbons (Fsp3) is 0.222. The lowest BCUT2D eigenvalue weighted by atomic mass is 10.1. The Labute approximate surface area is 193 Å². The molecule has 0 spiro atoms. The van der Waals surface area contributed by atoms with Crippen LogP contribution in [0.25, 0.3) is 0 Å². The van der Waals surface area contributed by atoms with Crippen LogP contribution in [0.5, 0.6) is 11.5 Å². The molecular weight excluding hydrogens is 418 g/mol. The molecular formula is C27H27NO5. The fourth-order valence-corrected chi connectivity index (χ4v) is 2.82. The van der Waals surface area contributed by atoms with Gasteiger partial charge in [-0.25, -0.2) is 9.59 Å². The number of benzene rings is 3. The Balaban J connectivity index is 1.54. The summed E-state index contributed by atoms with van der Waals surface area (Å²) in [6, 6.07) is 20.7.